The quantitative estimate of drug-likeness (QED) is 0.621. The third-order valence-electron chi connectivity index (χ3n) is 2.43. The summed E-state index contributed by atoms with van der Waals surface area (Å²) >= 11 is 0. The van der Waals surface area contributed by atoms with Crippen LogP contribution in [0.4, 0.5) is 0 Å². The van der Waals surface area contributed by atoms with Gasteiger partial charge in [-0.05, 0) is 13.3 Å². The zero-order valence-electron chi connectivity index (χ0n) is 8.77. The molecule has 7 heteroatoms. The van der Waals surface area contributed by atoms with Crippen molar-refractivity contribution >= 4 is 15.9 Å². The molecule has 1 rings (SSSR count). The number of amides is 1. The number of nitrogens with zero attached hydrogens (tertiary/aromatic N) is 1. The second-order valence-corrected chi connectivity index (χ2v) is 5.98. The number of nitrogens with one attached hydrogen (secondary N) is 1. The van der Waals surface area contributed by atoms with Crippen molar-refractivity contribution in [2.24, 2.45) is 5.73 Å². The van der Waals surface area contributed by atoms with Crippen LogP contribution in [-0.2, 0) is 14.8 Å². The Morgan fingerprint density at radius 2 is 2.27 bits per heavy atom. The standard InChI is InChI=1S/C8H17N3O3S/c1-7(5-9)15(13,14)11-4-2-3-10-8(12)6-11/h7H,2-6,9H2,1H3,(H,10,12). The molecule has 6 nitrogen and oxygen atoms in total. The van der Waals surface area contributed by atoms with Gasteiger partial charge < -0.3 is 11.1 Å². The fraction of sp³-hybridized carbons (Fsp3) is 0.875. The maximum absolute atomic E-state index is 11.9. The molecule has 1 saturated heterocycles. The number of sulfonamides is 1. The van der Waals surface area contributed by atoms with Crippen LogP contribution in [-0.4, -0.2) is 50.1 Å². The van der Waals surface area contributed by atoms with Crippen molar-refractivity contribution in [1.82, 2.24) is 9.62 Å². The van der Waals surface area contributed by atoms with Gasteiger partial charge in [0.2, 0.25) is 15.9 Å². The minimum absolute atomic E-state index is 0.0699. The van der Waals surface area contributed by atoms with Crippen LogP contribution < -0.4 is 11.1 Å². The Balaban J connectivity index is 2.81. The SMILES string of the molecule is CC(CN)S(=O)(=O)N1CCCNC(=O)C1. The van der Waals surface area contributed by atoms with Crippen molar-refractivity contribution in [3.63, 3.8) is 0 Å². The van der Waals surface area contributed by atoms with Crippen LogP contribution in [0.2, 0.25) is 0 Å². The summed E-state index contributed by atoms with van der Waals surface area (Å²) in [7, 11) is -3.42. The molecule has 1 aliphatic rings. The van der Waals surface area contributed by atoms with Crippen molar-refractivity contribution in [3.8, 4) is 0 Å². The number of carbonyl (C=O) groups excluding carboxylic acids is 1. The minimum atomic E-state index is -3.42. The van der Waals surface area contributed by atoms with Gasteiger partial charge in [0.25, 0.3) is 0 Å². The van der Waals surface area contributed by atoms with Gasteiger partial charge in [0, 0.05) is 19.6 Å². The van der Waals surface area contributed by atoms with Gasteiger partial charge in [0.15, 0.2) is 0 Å². The van der Waals surface area contributed by atoms with Crippen molar-refractivity contribution in [3.05, 3.63) is 0 Å². The summed E-state index contributed by atoms with van der Waals surface area (Å²) in [6, 6.07) is 0. The molecule has 0 aromatic rings. The monoisotopic (exact) mass is 235 g/mol. The highest BCUT2D eigenvalue weighted by Gasteiger charge is 2.30. The first kappa shape index (κ1) is 12.4. The van der Waals surface area contributed by atoms with E-state index in [1.165, 1.54) is 4.31 Å². The second kappa shape index (κ2) is 4.91. The highest BCUT2D eigenvalue weighted by molar-refractivity contribution is 7.89. The van der Waals surface area contributed by atoms with Gasteiger partial charge in [-0.25, -0.2) is 8.42 Å². The first-order chi connectivity index (χ1) is 6.98. The van der Waals surface area contributed by atoms with Crippen LogP contribution >= 0.6 is 0 Å². The minimum Gasteiger partial charge on any atom is -0.355 e. The highest BCUT2D eigenvalue weighted by Crippen LogP contribution is 2.10. The molecule has 15 heavy (non-hydrogen) atoms. The molecule has 1 heterocycles. The number of hydrogen-bond donors (Lipinski definition) is 2. The predicted molar refractivity (Wildman–Crippen MR) is 56.6 cm³/mol. The van der Waals surface area contributed by atoms with Crippen molar-refractivity contribution in [2.75, 3.05) is 26.2 Å². The summed E-state index contributed by atoms with van der Waals surface area (Å²) in [6.07, 6.45) is 0.641. The maximum atomic E-state index is 11.9. The average molecular weight is 235 g/mol. The molecule has 0 spiro atoms. The van der Waals surface area contributed by atoms with Crippen molar-refractivity contribution < 1.29 is 13.2 Å². The van der Waals surface area contributed by atoms with Crippen LogP contribution in [0.3, 0.4) is 0 Å². The zero-order valence-corrected chi connectivity index (χ0v) is 9.59. The number of nitrogens with two attached hydrogens (primary N) is 1. The first-order valence-electron chi connectivity index (χ1n) is 4.94. The number of hydrogen-bond acceptors (Lipinski definition) is 4. The third kappa shape index (κ3) is 2.90. The Morgan fingerprint density at radius 3 is 2.87 bits per heavy atom. The molecule has 0 radical (unpaired) electrons. The van der Waals surface area contributed by atoms with Gasteiger partial charge in [-0.2, -0.15) is 4.31 Å². The molecule has 0 aromatic heterocycles. The van der Waals surface area contributed by atoms with Crippen LogP contribution in [0.5, 0.6) is 0 Å². The Morgan fingerprint density at radius 1 is 1.60 bits per heavy atom. The van der Waals surface area contributed by atoms with E-state index >= 15 is 0 Å². The molecular weight excluding hydrogens is 218 g/mol. The van der Waals surface area contributed by atoms with Crippen LogP contribution in [0.15, 0.2) is 0 Å². The summed E-state index contributed by atoms with van der Waals surface area (Å²) in [4.78, 5) is 11.2. The number of rotatable bonds is 3. The third-order valence-corrected chi connectivity index (χ3v) is 4.67. The summed E-state index contributed by atoms with van der Waals surface area (Å²) in [6.45, 7) is 2.44. The molecule has 1 amide bonds. The lowest BCUT2D eigenvalue weighted by atomic mass is 10.4. The van der Waals surface area contributed by atoms with E-state index in [0.717, 1.165) is 0 Å². The van der Waals surface area contributed by atoms with E-state index in [1.807, 2.05) is 0 Å². The van der Waals surface area contributed by atoms with Gasteiger partial charge in [-0.15, -0.1) is 0 Å². The van der Waals surface area contributed by atoms with E-state index < -0.39 is 15.3 Å². The topological polar surface area (TPSA) is 92.5 Å². The predicted octanol–water partition coefficient (Wildman–Crippen LogP) is -1.51. The number of carbonyl (C=O) groups is 1. The maximum Gasteiger partial charge on any atom is 0.235 e. The zero-order chi connectivity index (χ0) is 11.5. The smallest absolute Gasteiger partial charge is 0.235 e. The Bertz CT molecular complexity index is 328. The van der Waals surface area contributed by atoms with Gasteiger partial charge in [0.05, 0.1) is 11.8 Å². The van der Waals surface area contributed by atoms with E-state index in [2.05, 4.69) is 5.32 Å². The fourth-order valence-electron chi connectivity index (χ4n) is 1.37. The van der Waals surface area contributed by atoms with Gasteiger partial charge in [-0.1, -0.05) is 0 Å². The Kier molecular flexibility index (Phi) is 4.06. The molecule has 0 aliphatic carbocycles. The molecule has 0 saturated carbocycles. The Hall–Kier alpha value is -0.660. The second-order valence-electron chi connectivity index (χ2n) is 3.63. The Labute approximate surface area is 89.9 Å². The molecule has 1 atom stereocenters. The molecular formula is C8H17N3O3S. The summed E-state index contributed by atoms with van der Waals surface area (Å²) < 4.78 is 25.0. The summed E-state index contributed by atoms with van der Waals surface area (Å²) in [5.74, 6) is -0.250. The molecule has 0 bridgehead atoms. The summed E-state index contributed by atoms with van der Waals surface area (Å²) in [5.41, 5.74) is 5.33. The van der Waals surface area contributed by atoms with Crippen molar-refractivity contribution in [2.45, 2.75) is 18.6 Å². The summed E-state index contributed by atoms with van der Waals surface area (Å²) in [5, 5.41) is 1.99. The van der Waals surface area contributed by atoms with E-state index in [-0.39, 0.29) is 19.0 Å². The van der Waals surface area contributed by atoms with E-state index in [4.69, 9.17) is 5.73 Å². The van der Waals surface area contributed by atoms with Gasteiger partial charge in [0.1, 0.15) is 0 Å². The normalized spacial score (nSPS) is 21.9. The van der Waals surface area contributed by atoms with Crippen molar-refractivity contribution in [1.29, 1.82) is 0 Å². The highest BCUT2D eigenvalue weighted by atomic mass is 32.2. The van der Waals surface area contributed by atoms with Crippen LogP contribution in [0.1, 0.15) is 13.3 Å². The van der Waals surface area contributed by atoms with E-state index in [1.54, 1.807) is 6.92 Å². The van der Waals surface area contributed by atoms with Gasteiger partial charge >= 0.3 is 0 Å². The molecule has 1 aliphatic heterocycles. The molecule has 0 aromatic carbocycles. The lowest BCUT2D eigenvalue weighted by molar-refractivity contribution is -0.120. The van der Waals surface area contributed by atoms with Crippen LogP contribution in [0, 0.1) is 0 Å². The molecule has 88 valence electrons. The molecule has 3 N–H and O–H groups in total. The van der Waals surface area contributed by atoms with Crippen LogP contribution in [0.25, 0.3) is 0 Å². The fourth-order valence-corrected chi connectivity index (χ4v) is 2.80. The molecule has 1 fully saturated rings. The lowest BCUT2D eigenvalue weighted by Crippen LogP contribution is -2.43. The van der Waals surface area contributed by atoms with E-state index in [0.29, 0.717) is 19.5 Å². The largest absolute Gasteiger partial charge is 0.355 e. The lowest BCUT2D eigenvalue weighted by Gasteiger charge is -2.22. The van der Waals surface area contributed by atoms with E-state index in [9.17, 15) is 13.2 Å². The first-order valence-corrected chi connectivity index (χ1v) is 6.44. The van der Waals surface area contributed by atoms with Gasteiger partial charge in [-0.3, -0.25) is 4.79 Å². The molecule has 1 unspecified atom stereocenters. The average Bonchev–Trinajstić information content (AvgIpc) is 2.41.